The second-order valence-corrected chi connectivity index (χ2v) is 3.92. The fourth-order valence-electron chi connectivity index (χ4n) is 1.83. The van der Waals surface area contributed by atoms with Crippen LogP contribution in [0.5, 0.6) is 0 Å². The van der Waals surface area contributed by atoms with Crippen LogP contribution in [-0.2, 0) is 17.5 Å². The topological polar surface area (TPSA) is 25.4 Å². The lowest BCUT2D eigenvalue weighted by atomic mass is 10.1. The summed E-state index contributed by atoms with van der Waals surface area (Å²) in [5.74, 6) is 0. The molecule has 1 saturated heterocycles. The van der Waals surface area contributed by atoms with Crippen molar-refractivity contribution in [2.75, 3.05) is 26.3 Å². The minimum absolute atomic E-state index is 0.224. The number of aromatic nitrogens is 1. The number of rotatable bonds is 2. The molecule has 0 atom stereocenters. The van der Waals surface area contributed by atoms with Crippen molar-refractivity contribution in [3.05, 3.63) is 29.6 Å². The fraction of sp³-hybridized carbons (Fsp3) is 0.545. The Bertz CT molecular complexity index is 375. The quantitative estimate of drug-likeness (QED) is 0.797. The summed E-state index contributed by atoms with van der Waals surface area (Å²) < 4.78 is 43.4. The Kier molecular flexibility index (Phi) is 3.63. The zero-order valence-corrected chi connectivity index (χ0v) is 9.20. The third kappa shape index (κ3) is 3.17. The molecule has 0 spiro atoms. The maximum absolute atomic E-state index is 12.7. The van der Waals surface area contributed by atoms with Gasteiger partial charge in [-0.2, -0.15) is 13.2 Å². The number of alkyl halides is 3. The molecule has 0 radical (unpaired) electrons. The molecule has 6 heteroatoms. The van der Waals surface area contributed by atoms with Crippen molar-refractivity contribution in [3.8, 4) is 0 Å². The number of ether oxygens (including phenoxy) is 1. The molecule has 0 bridgehead atoms. The zero-order chi connectivity index (χ0) is 12.3. The smallest absolute Gasteiger partial charge is 0.379 e. The lowest BCUT2D eigenvalue weighted by Crippen LogP contribution is -2.36. The molecule has 2 rings (SSSR count). The van der Waals surface area contributed by atoms with E-state index in [1.54, 1.807) is 0 Å². The summed E-state index contributed by atoms with van der Waals surface area (Å²) in [7, 11) is 0. The largest absolute Gasteiger partial charge is 0.416 e. The van der Waals surface area contributed by atoms with Gasteiger partial charge >= 0.3 is 6.18 Å². The van der Waals surface area contributed by atoms with E-state index in [1.807, 2.05) is 4.90 Å². The molecule has 94 valence electrons. The number of nitrogens with zero attached hydrogens (tertiary/aromatic N) is 2. The molecule has 1 aliphatic rings. The second kappa shape index (κ2) is 5.01. The molecule has 0 amide bonds. The normalized spacial score (nSPS) is 18.3. The summed E-state index contributed by atoms with van der Waals surface area (Å²) in [6.45, 7) is 2.73. The van der Waals surface area contributed by atoms with Crippen LogP contribution < -0.4 is 0 Å². The number of hydrogen-bond donors (Lipinski definition) is 0. The lowest BCUT2D eigenvalue weighted by Gasteiger charge is -2.27. The second-order valence-electron chi connectivity index (χ2n) is 3.92. The van der Waals surface area contributed by atoms with Gasteiger partial charge in [-0.25, -0.2) is 0 Å². The summed E-state index contributed by atoms with van der Waals surface area (Å²) in [4.78, 5) is 5.71. The van der Waals surface area contributed by atoms with E-state index >= 15 is 0 Å². The Morgan fingerprint density at radius 3 is 2.65 bits per heavy atom. The van der Waals surface area contributed by atoms with Gasteiger partial charge in [0.05, 0.1) is 18.8 Å². The summed E-state index contributed by atoms with van der Waals surface area (Å²) >= 11 is 0. The molecular formula is C11H13F3N2O. The molecule has 0 N–H and O–H groups in total. The van der Waals surface area contributed by atoms with E-state index in [0.717, 1.165) is 6.07 Å². The van der Waals surface area contributed by atoms with Gasteiger partial charge in [0.15, 0.2) is 0 Å². The molecule has 1 fully saturated rings. The maximum Gasteiger partial charge on any atom is 0.416 e. The van der Waals surface area contributed by atoms with Crippen molar-refractivity contribution < 1.29 is 17.9 Å². The molecule has 0 aliphatic carbocycles. The first kappa shape index (κ1) is 12.3. The standard InChI is InChI=1S/C11H13F3N2O/c12-11(13,14)10-1-2-15-7-9(10)8-16-3-5-17-6-4-16/h1-2,7H,3-6,8H2. The van der Waals surface area contributed by atoms with Crippen molar-refractivity contribution in [2.24, 2.45) is 0 Å². The van der Waals surface area contributed by atoms with Gasteiger partial charge in [-0.3, -0.25) is 9.88 Å². The first-order chi connectivity index (χ1) is 8.07. The number of morpholine rings is 1. The van der Waals surface area contributed by atoms with E-state index in [2.05, 4.69) is 4.98 Å². The third-order valence-corrected chi connectivity index (χ3v) is 2.71. The zero-order valence-electron chi connectivity index (χ0n) is 9.20. The highest BCUT2D eigenvalue weighted by molar-refractivity contribution is 5.26. The van der Waals surface area contributed by atoms with Gasteiger partial charge in [-0.05, 0) is 11.6 Å². The molecule has 2 heterocycles. The van der Waals surface area contributed by atoms with E-state index in [0.29, 0.717) is 26.3 Å². The molecular weight excluding hydrogens is 233 g/mol. The van der Waals surface area contributed by atoms with Gasteiger partial charge in [0.2, 0.25) is 0 Å². The van der Waals surface area contributed by atoms with E-state index in [-0.39, 0.29) is 12.1 Å². The van der Waals surface area contributed by atoms with Crippen LogP contribution in [0.25, 0.3) is 0 Å². The first-order valence-corrected chi connectivity index (χ1v) is 5.37. The van der Waals surface area contributed by atoms with E-state index < -0.39 is 11.7 Å². The molecule has 3 nitrogen and oxygen atoms in total. The Balaban J connectivity index is 2.14. The molecule has 0 aromatic carbocycles. The molecule has 1 aromatic rings. The van der Waals surface area contributed by atoms with Crippen LogP contribution in [-0.4, -0.2) is 36.2 Å². The number of pyridine rings is 1. The van der Waals surface area contributed by atoms with Crippen LogP contribution in [0.15, 0.2) is 18.5 Å². The van der Waals surface area contributed by atoms with Crippen molar-refractivity contribution in [2.45, 2.75) is 12.7 Å². The van der Waals surface area contributed by atoms with Crippen LogP contribution >= 0.6 is 0 Å². The first-order valence-electron chi connectivity index (χ1n) is 5.37. The van der Waals surface area contributed by atoms with Crippen LogP contribution in [0.2, 0.25) is 0 Å². The summed E-state index contributed by atoms with van der Waals surface area (Å²) in [5, 5.41) is 0. The lowest BCUT2D eigenvalue weighted by molar-refractivity contribution is -0.138. The van der Waals surface area contributed by atoms with Crippen molar-refractivity contribution >= 4 is 0 Å². The summed E-state index contributed by atoms with van der Waals surface area (Å²) in [6, 6.07) is 1.02. The highest BCUT2D eigenvalue weighted by atomic mass is 19.4. The molecule has 1 aliphatic heterocycles. The van der Waals surface area contributed by atoms with E-state index in [1.165, 1.54) is 12.4 Å². The van der Waals surface area contributed by atoms with Gasteiger partial charge in [0.25, 0.3) is 0 Å². The van der Waals surface area contributed by atoms with Crippen molar-refractivity contribution in [3.63, 3.8) is 0 Å². The fourth-order valence-corrected chi connectivity index (χ4v) is 1.83. The van der Waals surface area contributed by atoms with Gasteiger partial charge in [-0.15, -0.1) is 0 Å². The van der Waals surface area contributed by atoms with Gasteiger partial charge < -0.3 is 4.74 Å². The summed E-state index contributed by atoms with van der Waals surface area (Å²) in [5.41, 5.74) is -0.374. The van der Waals surface area contributed by atoms with Crippen LogP contribution in [0.1, 0.15) is 11.1 Å². The number of halogens is 3. The minimum atomic E-state index is -4.31. The molecule has 17 heavy (non-hydrogen) atoms. The highest BCUT2D eigenvalue weighted by Gasteiger charge is 2.33. The van der Waals surface area contributed by atoms with Crippen LogP contribution in [0.4, 0.5) is 13.2 Å². The summed E-state index contributed by atoms with van der Waals surface area (Å²) in [6.07, 6.45) is -1.85. The van der Waals surface area contributed by atoms with Crippen LogP contribution in [0.3, 0.4) is 0 Å². The Morgan fingerprint density at radius 2 is 2.00 bits per heavy atom. The van der Waals surface area contributed by atoms with E-state index in [4.69, 9.17) is 4.74 Å². The predicted molar refractivity (Wildman–Crippen MR) is 55.3 cm³/mol. The monoisotopic (exact) mass is 246 g/mol. The molecule has 0 saturated carbocycles. The highest BCUT2D eigenvalue weighted by Crippen LogP contribution is 2.31. The van der Waals surface area contributed by atoms with Crippen molar-refractivity contribution in [1.29, 1.82) is 0 Å². The average Bonchev–Trinajstić information content (AvgIpc) is 2.30. The third-order valence-electron chi connectivity index (χ3n) is 2.71. The predicted octanol–water partition coefficient (Wildman–Crippen LogP) is 1.93. The Labute approximate surface area is 97.2 Å². The Hall–Kier alpha value is -1.14. The minimum Gasteiger partial charge on any atom is -0.379 e. The van der Waals surface area contributed by atoms with Gasteiger partial charge in [0.1, 0.15) is 0 Å². The van der Waals surface area contributed by atoms with Gasteiger partial charge in [0, 0.05) is 32.0 Å². The van der Waals surface area contributed by atoms with Gasteiger partial charge in [-0.1, -0.05) is 0 Å². The SMILES string of the molecule is FC(F)(F)c1ccncc1CN1CCOCC1. The van der Waals surface area contributed by atoms with E-state index in [9.17, 15) is 13.2 Å². The molecule has 0 unspecified atom stereocenters. The maximum atomic E-state index is 12.7. The van der Waals surface area contributed by atoms with Crippen molar-refractivity contribution in [1.82, 2.24) is 9.88 Å². The Morgan fingerprint density at radius 1 is 1.29 bits per heavy atom. The van der Waals surface area contributed by atoms with Crippen LogP contribution in [0, 0.1) is 0 Å². The average molecular weight is 246 g/mol. The number of hydrogen-bond acceptors (Lipinski definition) is 3. The molecule has 1 aromatic heterocycles.